The minimum absolute atomic E-state index is 0.167. The number of ether oxygens (including phenoxy) is 1. The summed E-state index contributed by atoms with van der Waals surface area (Å²) in [6.45, 7) is 0.597. The average Bonchev–Trinajstić information content (AvgIpc) is 3.03. The second kappa shape index (κ2) is 5.80. The minimum Gasteiger partial charge on any atom is -0.469 e. The molecule has 0 atom stereocenters. The fraction of sp³-hybridized carbons (Fsp3) is 0.273. The molecule has 2 rings (SSSR count). The Labute approximate surface area is 88.2 Å². The molecule has 1 aromatic carbocycles. The third-order valence-electron chi connectivity index (χ3n) is 1.74. The standard InChI is InChI=1S/C9H10O2.C2H3NO/c1-11-9(10)7-8-5-3-2-4-6-8;4-2-1-3-2/h2-6H,7H2,1H3;1H2,(H,3,4). The van der Waals surface area contributed by atoms with Crippen LogP contribution in [0, 0.1) is 0 Å². The first-order valence-corrected chi connectivity index (χ1v) is 4.60. The van der Waals surface area contributed by atoms with E-state index in [-0.39, 0.29) is 11.9 Å². The summed E-state index contributed by atoms with van der Waals surface area (Å²) in [5, 5.41) is 2.46. The number of carbonyl (C=O) groups excluding carboxylic acids is 2. The first-order valence-electron chi connectivity index (χ1n) is 4.60. The van der Waals surface area contributed by atoms with E-state index in [0.717, 1.165) is 5.56 Å². The fourth-order valence-electron chi connectivity index (χ4n) is 0.871. The van der Waals surface area contributed by atoms with Gasteiger partial charge in [-0.05, 0) is 5.56 Å². The predicted octanol–water partition coefficient (Wildman–Crippen LogP) is 0.518. The smallest absolute Gasteiger partial charge is 0.309 e. The van der Waals surface area contributed by atoms with Crippen molar-refractivity contribution < 1.29 is 14.3 Å². The van der Waals surface area contributed by atoms with Crippen molar-refractivity contribution in [1.29, 1.82) is 0 Å². The van der Waals surface area contributed by atoms with Crippen molar-refractivity contribution in [3.05, 3.63) is 35.9 Å². The molecule has 15 heavy (non-hydrogen) atoms. The first kappa shape index (κ1) is 11.2. The van der Waals surface area contributed by atoms with Gasteiger partial charge in [0.15, 0.2) is 0 Å². The van der Waals surface area contributed by atoms with Gasteiger partial charge in [-0.1, -0.05) is 30.3 Å². The Morgan fingerprint density at radius 1 is 1.40 bits per heavy atom. The Hall–Kier alpha value is -1.84. The van der Waals surface area contributed by atoms with Crippen LogP contribution in [0.2, 0.25) is 0 Å². The number of amides is 1. The van der Waals surface area contributed by atoms with Gasteiger partial charge in [0, 0.05) is 0 Å². The first-order chi connectivity index (χ1) is 7.22. The van der Waals surface area contributed by atoms with Gasteiger partial charge >= 0.3 is 5.97 Å². The molecule has 0 saturated carbocycles. The Kier molecular flexibility index (Phi) is 4.34. The number of hydrogen-bond donors (Lipinski definition) is 1. The zero-order chi connectivity index (χ0) is 11.1. The molecule has 0 aromatic heterocycles. The number of esters is 1. The van der Waals surface area contributed by atoms with Gasteiger partial charge in [-0.3, -0.25) is 9.59 Å². The molecule has 1 aliphatic rings. The van der Waals surface area contributed by atoms with Crippen molar-refractivity contribution in [2.75, 3.05) is 13.7 Å². The van der Waals surface area contributed by atoms with Gasteiger partial charge in [-0.15, -0.1) is 0 Å². The van der Waals surface area contributed by atoms with Crippen LogP contribution in [-0.4, -0.2) is 25.5 Å². The minimum atomic E-state index is -0.198. The number of carbonyl (C=O) groups is 2. The van der Waals surface area contributed by atoms with Crippen LogP contribution in [0.15, 0.2) is 30.3 Å². The van der Waals surface area contributed by atoms with Crippen molar-refractivity contribution in [3.63, 3.8) is 0 Å². The molecule has 1 fully saturated rings. The maximum absolute atomic E-state index is 10.8. The summed E-state index contributed by atoms with van der Waals surface area (Å²) < 4.78 is 4.52. The summed E-state index contributed by atoms with van der Waals surface area (Å²) in [6.07, 6.45) is 0.358. The third-order valence-corrected chi connectivity index (χ3v) is 1.74. The summed E-state index contributed by atoms with van der Waals surface area (Å²) in [7, 11) is 1.39. The summed E-state index contributed by atoms with van der Waals surface area (Å²) in [5.41, 5.74) is 0.986. The highest BCUT2D eigenvalue weighted by molar-refractivity contribution is 5.91. The second-order valence-electron chi connectivity index (χ2n) is 3.02. The lowest BCUT2D eigenvalue weighted by Crippen LogP contribution is -2.03. The average molecular weight is 207 g/mol. The summed E-state index contributed by atoms with van der Waals surface area (Å²) in [6, 6.07) is 9.52. The molecule has 1 saturated heterocycles. The van der Waals surface area contributed by atoms with Gasteiger partial charge < -0.3 is 10.1 Å². The molecule has 1 aromatic rings. The summed E-state index contributed by atoms with van der Waals surface area (Å²) >= 11 is 0. The molecule has 0 radical (unpaired) electrons. The van der Waals surface area contributed by atoms with E-state index in [1.807, 2.05) is 30.3 Å². The van der Waals surface area contributed by atoms with Crippen molar-refractivity contribution in [2.24, 2.45) is 0 Å². The Balaban J connectivity index is 0.000000234. The van der Waals surface area contributed by atoms with E-state index in [1.54, 1.807) is 0 Å². The number of nitrogens with one attached hydrogen (secondary N) is 1. The summed E-state index contributed by atoms with van der Waals surface area (Å²) in [4.78, 5) is 20.2. The lowest BCUT2D eigenvalue weighted by Gasteiger charge is -1.97. The molecule has 1 amide bonds. The monoisotopic (exact) mass is 207 g/mol. The van der Waals surface area contributed by atoms with E-state index in [1.165, 1.54) is 7.11 Å². The van der Waals surface area contributed by atoms with Crippen LogP contribution < -0.4 is 5.32 Å². The molecule has 0 aliphatic carbocycles. The Morgan fingerprint density at radius 3 is 2.33 bits per heavy atom. The van der Waals surface area contributed by atoms with E-state index in [9.17, 15) is 9.59 Å². The lowest BCUT2D eigenvalue weighted by atomic mass is 10.2. The summed E-state index contributed by atoms with van der Waals surface area (Å²) in [5.74, 6) is -0.0313. The maximum atomic E-state index is 10.8. The van der Waals surface area contributed by atoms with E-state index in [2.05, 4.69) is 10.1 Å². The zero-order valence-electron chi connectivity index (χ0n) is 8.53. The highest BCUT2D eigenvalue weighted by Crippen LogP contribution is 1.99. The molecule has 1 heterocycles. The van der Waals surface area contributed by atoms with Gasteiger partial charge in [-0.25, -0.2) is 0 Å². The Bertz CT molecular complexity index is 329. The SMILES string of the molecule is COC(=O)Cc1ccccc1.O=C1CN1. The molecule has 4 nitrogen and oxygen atoms in total. The molecule has 0 spiro atoms. The lowest BCUT2D eigenvalue weighted by molar-refractivity contribution is -0.139. The van der Waals surface area contributed by atoms with Gasteiger partial charge in [0.25, 0.3) is 0 Å². The van der Waals surface area contributed by atoms with Crippen molar-refractivity contribution in [2.45, 2.75) is 6.42 Å². The maximum Gasteiger partial charge on any atom is 0.309 e. The number of benzene rings is 1. The number of hydrogen-bond acceptors (Lipinski definition) is 3. The van der Waals surface area contributed by atoms with Crippen LogP contribution in [0.1, 0.15) is 5.56 Å². The van der Waals surface area contributed by atoms with E-state index >= 15 is 0 Å². The predicted molar refractivity (Wildman–Crippen MR) is 55.2 cm³/mol. The van der Waals surface area contributed by atoms with Crippen LogP contribution in [-0.2, 0) is 20.7 Å². The molecule has 1 aliphatic heterocycles. The van der Waals surface area contributed by atoms with Gasteiger partial charge in [0.05, 0.1) is 20.1 Å². The number of rotatable bonds is 2. The van der Waals surface area contributed by atoms with Crippen molar-refractivity contribution >= 4 is 11.9 Å². The van der Waals surface area contributed by atoms with Crippen LogP contribution in [0.5, 0.6) is 0 Å². The number of methoxy groups -OCH3 is 1. The van der Waals surface area contributed by atoms with E-state index in [0.29, 0.717) is 13.0 Å². The molecular formula is C11H13NO3. The molecule has 1 N–H and O–H groups in total. The van der Waals surface area contributed by atoms with E-state index < -0.39 is 0 Å². The van der Waals surface area contributed by atoms with Crippen LogP contribution in [0.3, 0.4) is 0 Å². The van der Waals surface area contributed by atoms with Crippen molar-refractivity contribution in [1.82, 2.24) is 5.32 Å². The van der Waals surface area contributed by atoms with Gasteiger partial charge in [-0.2, -0.15) is 0 Å². The Morgan fingerprint density at radius 2 is 1.93 bits per heavy atom. The van der Waals surface area contributed by atoms with Gasteiger partial charge in [0.1, 0.15) is 0 Å². The zero-order valence-corrected chi connectivity index (χ0v) is 8.53. The second-order valence-corrected chi connectivity index (χ2v) is 3.02. The normalized spacial score (nSPS) is 11.9. The quantitative estimate of drug-likeness (QED) is 0.568. The topological polar surface area (TPSA) is 65.3 Å². The van der Waals surface area contributed by atoms with Gasteiger partial charge in [0.2, 0.25) is 5.91 Å². The largest absolute Gasteiger partial charge is 0.469 e. The molecular weight excluding hydrogens is 194 g/mol. The van der Waals surface area contributed by atoms with Crippen LogP contribution in [0.25, 0.3) is 0 Å². The molecule has 80 valence electrons. The molecule has 0 unspecified atom stereocenters. The highest BCUT2D eigenvalue weighted by Gasteiger charge is 2.10. The molecule has 0 bridgehead atoms. The highest BCUT2D eigenvalue weighted by atomic mass is 16.5. The fourth-order valence-corrected chi connectivity index (χ4v) is 0.871. The molecule has 4 heteroatoms. The van der Waals surface area contributed by atoms with Crippen LogP contribution in [0.4, 0.5) is 0 Å². The van der Waals surface area contributed by atoms with E-state index in [4.69, 9.17) is 0 Å². The third kappa shape index (κ3) is 5.46. The van der Waals surface area contributed by atoms with Crippen molar-refractivity contribution in [3.8, 4) is 0 Å². The van der Waals surface area contributed by atoms with Crippen LogP contribution >= 0.6 is 0 Å².